The number of nitriles is 1. The standard InChI is InChI=1S/C10H16N8OS/c1-13-10(15-5-11)14-2-3-20-4-7-8(9(19)18-12)17-6-16-7/h6H,2-4,12H2,1H3,(H,16,17)(H,18,19)(H2,13,14,15). The first-order chi connectivity index (χ1) is 9.72. The molecule has 0 aromatic carbocycles. The van der Waals surface area contributed by atoms with Crippen LogP contribution in [0.2, 0.25) is 0 Å². The molecule has 1 rings (SSSR count). The molecule has 0 bridgehead atoms. The molecular weight excluding hydrogens is 280 g/mol. The second-order valence-corrected chi connectivity index (χ2v) is 4.60. The van der Waals surface area contributed by atoms with Crippen molar-refractivity contribution in [1.29, 1.82) is 5.26 Å². The molecule has 0 fully saturated rings. The van der Waals surface area contributed by atoms with E-state index in [0.29, 0.717) is 24.0 Å². The summed E-state index contributed by atoms with van der Waals surface area (Å²) in [6, 6.07) is 0. The van der Waals surface area contributed by atoms with Crippen LogP contribution in [0.4, 0.5) is 0 Å². The minimum Gasteiger partial charge on any atom is -0.355 e. The molecule has 0 aliphatic rings. The molecule has 0 aliphatic carbocycles. The van der Waals surface area contributed by atoms with Gasteiger partial charge in [-0.1, -0.05) is 0 Å². The van der Waals surface area contributed by atoms with Crippen molar-refractivity contribution in [3.05, 3.63) is 17.7 Å². The number of carbonyl (C=O) groups excluding carboxylic acids is 1. The lowest BCUT2D eigenvalue weighted by molar-refractivity contribution is 0.0948. The molecule has 1 aromatic heterocycles. The highest BCUT2D eigenvalue weighted by Crippen LogP contribution is 2.12. The molecule has 1 amide bonds. The fourth-order valence-corrected chi connectivity index (χ4v) is 2.16. The Morgan fingerprint density at radius 2 is 2.50 bits per heavy atom. The summed E-state index contributed by atoms with van der Waals surface area (Å²) < 4.78 is 0. The number of nitrogen functional groups attached to an aromatic ring is 1. The number of H-pyrrole nitrogens is 1. The average molecular weight is 296 g/mol. The zero-order valence-corrected chi connectivity index (χ0v) is 11.8. The van der Waals surface area contributed by atoms with Crippen molar-refractivity contribution < 1.29 is 4.79 Å². The van der Waals surface area contributed by atoms with Crippen molar-refractivity contribution in [3.63, 3.8) is 0 Å². The number of nitrogens with two attached hydrogens (primary N) is 1. The fourth-order valence-electron chi connectivity index (χ4n) is 1.34. The van der Waals surface area contributed by atoms with Gasteiger partial charge in [0.2, 0.25) is 5.96 Å². The first-order valence-electron chi connectivity index (χ1n) is 5.69. The van der Waals surface area contributed by atoms with Crippen molar-refractivity contribution in [1.82, 2.24) is 26.0 Å². The van der Waals surface area contributed by atoms with Gasteiger partial charge < -0.3 is 10.3 Å². The van der Waals surface area contributed by atoms with Crippen LogP contribution in [-0.4, -0.2) is 41.2 Å². The third kappa shape index (κ3) is 4.79. The van der Waals surface area contributed by atoms with E-state index in [1.807, 2.05) is 5.43 Å². The fraction of sp³-hybridized carbons (Fsp3) is 0.400. The molecule has 1 aromatic rings. The van der Waals surface area contributed by atoms with E-state index in [-0.39, 0.29) is 0 Å². The van der Waals surface area contributed by atoms with Crippen LogP contribution in [0.25, 0.3) is 0 Å². The number of hydrazine groups is 1. The van der Waals surface area contributed by atoms with Crippen LogP contribution in [-0.2, 0) is 5.75 Å². The largest absolute Gasteiger partial charge is 0.355 e. The Bertz CT molecular complexity index is 506. The zero-order valence-electron chi connectivity index (χ0n) is 10.9. The first kappa shape index (κ1) is 15.8. The van der Waals surface area contributed by atoms with Crippen LogP contribution in [0.1, 0.15) is 16.2 Å². The minimum atomic E-state index is -0.418. The van der Waals surface area contributed by atoms with E-state index in [4.69, 9.17) is 11.1 Å². The molecule has 0 saturated carbocycles. The lowest BCUT2D eigenvalue weighted by atomic mass is 10.3. The maximum absolute atomic E-state index is 11.4. The number of guanidine groups is 1. The summed E-state index contributed by atoms with van der Waals surface area (Å²) >= 11 is 1.60. The van der Waals surface area contributed by atoms with Gasteiger partial charge in [-0.2, -0.15) is 17.0 Å². The Hall–Kier alpha value is -2.25. The van der Waals surface area contributed by atoms with Gasteiger partial charge in [0.25, 0.3) is 5.91 Å². The van der Waals surface area contributed by atoms with E-state index in [1.54, 1.807) is 25.0 Å². The smallest absolute Gasteiger partial charge is 0.285 e. The Labute approximate surface area is 120 Å². The predicted octanol–water partition coefficient (Wildman–Crippen LogP) is -1.11. The van der Waals surface area contributed by atoms with Gasteiger partial charge >= 0.3 is 0 Å². The number of aromatic amines is 1. The van der Waals surface area contributed by atoms with Crippen molar-refractivity contribution in [2.24, 2.45) is 10.8 Å². The molecule has 0 spiro atoms. The highest BCUT2D eigenvalue weighted by molar-refractivity contribution is 7.98. The summed E-state index contributed by atoms with van der Waals surface area (Å²) in [5, 5.41) is 13.8. The van der Waals surface area contributed by atoms with Crippen LogP contribution in [0.3, 0.4) is 0 Å². The van der Waals surface area contributed by atoms with Gasteiger partial charge in [0.05, 0.1) is 12.0 Å². The summed E-state index contributed by atoms with van der Waals surface area (Å²) in [5.41, 5.74) is 3.07. The Morgan fingerprint density at radius 1 is 1.70 bits per heavy atom. The van der Waals surface area contributed by atoms with Crippen LogP contribution in [0, 0.1) is 11.5 Å². The highest BCUT2D eigenvalue weighted by Gasteiger charge is 2.12. The number of aliphatic imine (C=N–C) groups is 1. The quantitative estimate of drug-likeness (QED) is 0.0654. The molecule has 0 radical (unpaired) electrons. The van der Waals surface area contributed by atoms with Gasteiger partial charge in [-0.05, 0) is 0 Å². The molecule has 6 N–H and O–H groups in total. The molecule has 1 heterocycles. The van der Waals surface area contributed by atoms with Crippen LogP contribution in [0.15, 0.2) is 11.3 Å². The molecule has 0 aliphatic heterocycles. The summed E-state index contributed by atoms with van der Waals surface area (Å²) in [6.07, 6.45) is 3.24. The molecule has 0 atom stereocenters. The molecule has 9 nitrogen and oxygen atoms in total. The number of nitrogens with zero attached hydrogens (tertiary/aromatic N) is 3. The molecule has 0 unspecified atom stereocenters. The third-order valence-corrected chi connectivity index (χ3v) is 3.23. The van der Waals surface area contributed by atoms with Crippen molar-refractivity contribution in [2.75, 3.05) is 19.3 Å². The summed E-state index contributed by atoms with van der Waals surface area (Å²) in [7, 11) is 1.59. The van der Waals surface area contributed by atoms with Crippen molar-refractivity contribution >= 4 is 23.6 Å². The van der Waals surface area contributed by atoms with Crippen molar-refractivity contribution in [2.45, 2.75) is 5.75 Å². The van der Waals surface area contributed by atoms with Crippen LogP contribution < -0.4 is 21.9 Å². The van der Waals surface area contributed by atoms with E-state index >= 15 is 0 Å². The molecule has 10 heteroatoms. The van der Waals surface area contributed by atoms with Gasteiger partial charge in [0, 0.05) is 25.1 Å². The topological polar surface area (TPSA) is 144 Å². The maximum atomic E-state index is 11.4. The molecular formula is C10H16N8OS. The minimum absolute atomic E-state index is 0.301. The van der Waals surface area contributed by atoms with Gasteiger partial charge in [0.15, 0.2) is 11.9 Å². The first-order valence-corrected chi connectivity index (χ1v) is 6.85. The lowest BCUT2D eigenvalue weighted by Gasteiger charge is -2.06. The maximum Gasteiger partial charge on any atom is 0.285 e. The van der Waals surface area contributed by atoms with E-state index in [2.05, 4.69) is 25.6 Å². The number of nitrogens with one attached hydrogen (secondary N) is 4. The van der Waals surface area contributed by atoms with E-state index < -0.39 is 5.91 Å². The van der Waals surface area contributed by atoms with Gasteiger partial charge in [0.1, 0.15) is 0 Å². The Kier molecular flexibility index (Phi) is 6.94. The Balaban J connectivity index is 2.30. The second-order valence-electron chi connectivity index (χ2n) is 3.49. The lowest BCUT2D eigenvalue weighted by Crippen LogP contribution is -2.35. The monoisotopic (exact) mass is 296 g/mol. The summed E-state index contributed by atoms with van der Waals surface area (Å²) in [4.78, 5) is 22.1. The van der Waals surface area contributed by atoms with Gasteiger partial charge in [-0.25, -0.2) is 10.8 Å². The SMILES string of the molecule is CN=C(NC#N)NCCSCc1[nH]cnc1C(=O)NN. The van der Waals surface area contributed by atoms with Crippen molar-refractivity contribution in [3.8, 4) is 6.19 Å². The molecule has 0 saturated heterocycles. The number of imidazole rings is 1. The number of amides is 1. The van der Waals surface area contributed by atoms with E-state index in [1.165, 1.54) is 6.33 Å². The number of hydrogen-bond donors (Lipinski definition) is 5. The van der Waals surface area contributed by atoms with Crippen LogP contribution >= 0.6 is 11.8 Å². The van der Waals surface area contributed by atoms with Gasteiger partial charge in [-0.15, -0.1) is 0 Å². The molecule has 20 heavy (non-hydrogen) atoms. The van der Waals surface area contributed by atoms with Crippen LogP contribution in [0.5, 0.6) is 0 Å². The summed E-state index contributed by atoms with van der Waals surface area (Å²) in [6.45, 7) is 0.637. The van der Waals surface area contributed by atoms with E-state index in [9.17, 15) is 4.79 Å². The number of carbonyl (C=O) groups is 1. The molecule has 108 valence electrons. The number of aromatic nitrogens is 2. The van der Waals surface area contributed by atoms with E-state index in [0.717, 1.165) is 11.4 Å². The highest BCUT2D eigenvalue weighted by atomic mass is 32.2. The zero-order chi connectivity index (χ0) is 14.8. The number of rotatable bonds is 6. The number of hydrogen-bond acceptors (Lipinski definition) is 6. The normalized spacial score (nSPS) is 10.8. The number of thioether (sulfide) groups is 1. The third-order valence-electron chi connectivity index (χ3n) is 2.25. The Morgan fingerprint density at radius 3 is 3.15 bits per heavy atom. The summed E-state index contributed by atoms with van der Waals surface area (Å²) in [5.74, 6) is 6.46. The second kappa shape index (κ2) is 8.78. The average Bonchev–Trinajstić information content (AvgIpc) is 2.93. The van der Waals surface area contributed by atoms with Gasteiger partial charge in [-0.3, -0.25) is 20.5 Å². The predicted molar refractivity (Wildman–Crippen MR) is 76.5 cm³/mol.